The Morgan fingerprint density at radius 1 is 1.16 bits per heavy atom. The average Bonchev–Trinajstić information content (AvgIpc) is 3.36. The van der Waals surface area contributed by atoms with Crippen molar-refractivity contribution in [1.29, 1.82) is 0 Å². The Labute approximate surface area is 182 Å². The van der Waals surface area contributed by atoms with E-state index in [-0.39, 0.29) is 12.5 Å². The normalized spacial score (nSPS) is 11.2. The van der Waals surface area contributed by atoms with Crippen LogP contribution in [0.4, 0.5) is 5.69 Å². The van der Waals surface area contributed by atoms with Gasteiger partial charge in [-0.05, 0) is 48.9 Å². The maximum atomic E-state index is 12.8. The third-order valence-corrected chi connectivity index (χ3v) is 5.32. The molecule has 0 spiro atoms. The number of hydrogen-bond acceptors (Lipinski definition) is 5. The van der Waals surface area contributed by atoms with Crippen molar-refractivity contribution in [3.8, 4) is 17.0 Å². The number of nitrogens with one attached hydrogen (secondary N) is 1. The van der Waals surface area contributed by atoms with Gasteiger partial charge in [-0.3, -0.25) is 9.36 Å². The Morgan fingerprint density at radius 2 is 2.00 bits per heavy atom. The molecule has 0 unspecified atom stereocenters. The Morgan fingerprint density at radius 3 is 2.81 bits per heavy atom. The summed E-state index contributed by atoms with van der Waals surface area (Å²) in [4.78, 5) is 29.7. The van der Waals surface area contributed by atoms with E-state index in [0.29, 0.717) is 22.5 Å². The zero-order valence-electron chi connectivity index (χ0n) is 17.5. The van der Waals surface area contributed by atoms with Gasteiger partial charge in [-0.15, -0.1) is 0 Å². The Balaban J connectivity index is 1.46. The van der Waals surface area contributed by atoms with Crippen LogP contribution in [0.1, 0.15) is 5.56 Å². The van der Waals surface area contributed by atoms with Crippen LogP contribution >= 0.6 is 0 Å². The van der Waals surface area contributed by atoms with Gasteiger partial charge in [0.15, 0.2) is 5.58 Å². The summed E-state index contributed by atoms with van der Waals surface area (Å²) in [6.45, 7) is 1.82. The summed E-state index contributed by atoms with van der Waals surface area (Å²) in [5, 5.41) is 2.85. The highest BCUT2D eigenvalue weighted by Crippen LogP contribution is 2.31. The van der Waals surface area contributed by atoms with E-state index in [4.69, 9.17) is 14.1 Å². The van der Waals surface area contributed by atoms with Crippen LogP contribution in [0.2, 0.25) is 0 Å². The fourth-order valence-electron chi connectivity index (χ4n) is 3.75. The van der Waals surface area contributed by atoms with Crippen molar-refractivity contribution in [2.75, 3.05) is 12.4 Å². The molecule has 1 amide bonds. The number of anilines is 1. The Hall–Kier alpha value is -4.33. The van der Waals surface area contributed by atoms with Gasteiger partial charge in [-0.1, -0.05) is 18.2 Å². The predicted octanol–water partition coefficient (Wildman–Crippen LogP) is 3.86. The highest BCUT2D eigenvalue weighted by Gasteiger charge is 2.15. The summed E-state index contributed by atoms with van der Waals surface area (Å²) in [6, 6.07) is 16.4. The molecule has 0 atom stereocenters. The van der Waals surface area contributed by atoms with Crippen LogP contribution in [0.5, 0.6) is 5.75 Å². The van der Waals surface area contributed by atoms with Crippen LogP contribution in [0.25, 0.3) is 28.0 Å². The number of hydrogen-bond donors (Lipinski definition) is 1. The zero-order chi connectivity index (χ0) is 22.2. The number of carbonyl (C=O) groups excluding carboxylic acids is 1. The van der Waals surface area contributed by atoms with Gasteiger partial charge in [0.25, 0.3) is 0 Å². The highest BCUT2D eigenvalue weighted by molar-refractivity contribution is 5.93. The molecule has 5 aromatic rings. The average molecular weight is 428 g/mol. The van der Waals surface area contributed by atoms with E-state index in [1.54, 1.807) is 30.3 Å². The van der Waals surface area contributed by atoms with E-state index in [9.17, 15) is 9.59 Å². The molecule has 0 aliphatic carbocycles. The minimum absolute atomic E-state index is 0.184. The number of oxazole rings is 1. The number of aromatic nitrogens is 3. The zero-order valence-corrected chi connectivity index (χ0v) is 17.5. The molecule has 0 saturated carbocycles. The number of fused-ring (bicyclic) bond motifs is 2. The van der Waals surface area contributed by atoms with Crippen molar-refractivity contribution in [2.45, 2.75) is 13.5 Å². The first-order valence-electron chi connectivity index (χ1n) is 10.0. The molecule has 2 aromatic carbocycles. The topological polar surface area (TPSA) is 90.8 Å². The van der Waals surface area contributed by atoms with Gasteiger partial charge in [-0.25, -0.2) is 9.78 Å². The maximum Gasteiger partial charge on any atom is 0.420 e. The molecule has 8 heteroatoms. The first-order valence-corrected chi connectivity index (χ1v) is 10.0. The van der Waals surface area contributed by atoms with Gasteiger partial charge in [0.2, 0.25) is 5.91 Å². The van der Waals surface area contributed by atoms with Crippen molar-refractivity contribution >= 4 is 28.3 Å². The lowest BCUT2D eigenvalue weighted by molar-refractivity contribution is -0.116. The summed E-state index contributed by atoms with van der Waals surface area (Å²) in [6.07, 6.45) is 3.88. The number of amides is 1. The van der Waals surface area contributed by atoms with Crippen molar-refractivity contribution in [2.24, 2.45) is 0 Å². The molecule has 0 aliphatic heterocycles. The number of nitrogens with zero attached hydrogens (tertiary/aromatic N) is 3. The van der Waals surface area contributed by atoms with Crippen LogP contribution < -0.4 is 15.8 Å². The van der Waals surface area contributed by atoms with Crippen molar-refractivity contribution in [3.63, 3.8) is 0 Å². The molecule has 3 aromatic heterocycles. The molecule has 0 fully saturated rings. The van der Waals surface area contributed by atoms with Gasteiger partial charge in [0.05, 0.1) is 24.0 Å². The standard InChI is InChI=1S/C24H20N4O4/c1-15-6-5-11-27-13-18(26-23(15)27)16-9-10-20(31-2)17(12-16)25-22(29)14-28-19-7-3-4-8-21(19)32-24(28)30/h3-13H,14H2,1-2H3,(H,25,29). The summed E-state index contributed by atoms with van der Waals surface area (Å²) in [7, 11) is 1.53. The Bertz CT molecular complexity index is 1530. The monoisotopic (exact) mass is 428 g/mol. The number of pyridine rings is 1. The van der Waals surface area contributed by atoms with Crippen LogP contribution in [0, 0.1) is 6.92 Å². The van der Waals surface area contributed by atoms with Crippen molar-refractivity contribution in [3.05, 3.63) is 83.1 Å². The van der Waals surface area contributed by atoms with Gasteiger partial charge < -0.3 is 18.9 Å². The van der Waals surface area contributed by atoms with E-state index in [2.05, 4.69) is 5.32 Å². The lowest BCUT2D eigenvalue weighted by Crippen LogP contribution is -2.25. The second-order valence-corrected chi connectivity index (χ2v) is 7.43. The lowest BCUT2D eigenvalue weighted by Gasteiger charge is -2.12. The fourth-order valence-corrected chi connectivity index (χ4v) is 3.75. The van der Waals surface area contributed by atoms with E-state index in [1.165, 1.54) is 11.7 Å². The van der Waals surface area contributed by atoms with Crippen molar-refractivity contribution in [1.82, 2.24) is 14.0 Å². The molecule has 160 valence electrons. The molecule has 32 heavy (non-hydrogen) atoms. The third kappa shape index (κ3) is 3.41. The van der Waals surface area contributed by atoms with E-state index >= 15 is 0 Å². The molecular weight excluding hydrogens is 408 g/mol. The summed E-state index contributed by atoms with van der Waals surface area (Å²) in [5.74, 6) is -0.450. The predicted molar refractivity (Wildman–Crippen MR) is 121 cm³/mol. The number of imidazole rings is 1. The second kappa shape index (κ2) is 7.73. The molecular formula is C24H20N4O4. The lowest BCUT2D eigenvalue weighted by atomic mass is 10.1. The summed E-state index contributed by atoms with van der Waals surface area (Å²) in [5.41, 5.74) is 5.03. The summed E-state index contributed by atoms with van der Waals surface area (Å²) < 4.78 is 13.9. The van der Waals surface area contributed by atoms with Crippen LogP contribution in [0.15, 0.2) is 76.2 Å². The summed E-state index contributed by atoms with van der Waals surface area (Å²) >= 11 is 0. The number of methoxy groups -OCH3 is 1. The number of ether oxygens (including phenoxy) is 1. The van der Waals surface area contributed by atoms with Gasteiger partial charge >= 0.3 is 5.76 Å². The number of carbonyl (C=O) groups is 1. The number of para-hydroxylation sites is 2. The quantitative estimate of drug-likeness (QED) is 0.459. The molecule has 0 radical (unpaired) electrons. The largest absolute Gasteiger partial charge is 0.495 e. The van der Waals surface area contributed by atoms with Gasteiger partial charge in [0, 0.05) is 18.0 Å². The number of rotatable bonds is 5. The van der Waals surface area contributed by atoms with Gasteiger partial charge in [0.1, 0.15) is 17.9 Å². The minimum Gasteiger partial charge on any atom is -0.495 e. The second-order valence-electron chi connectivity index (χ2n) is 7.43. The van der Waals surface area contributed by atoms with Crippen LogP contribution in [-0.2, 0) is 11.3 Å². The van der Waals surface area contributed by atoms with E-state index in [0.717, 1.165) is 22.5 Å². The SMILES string of the molecule is COc1ccc(-c2cn3cccc(C)c3n2)cc1NC(=O)Cn1c(=O)oc2ccccc21. The maximum absolute atomic E-state index is 12.8. The molecule has 0 saturated heterocycles. The molecule has 8 nitrogen and oxygen atoms in total. The third-order valence-electron chi connectivity index (χ3n) is 5.32. The molecule has 0 bridgehead atoms. The molecule has 1 N–H and O–H groups in total. The minimum atomic E-state index is -0.581. The van der Waals surface area contributed by atoms with Gasteiger partial charge in [-0.2, -0.15) is 0 Å². The van der Waals surface area contributed by atoms with Crippen LogP contribution in [-0.4, -0.2) is 27.0 Å². The number of benzene rings is 2. The van der Waals surface area contributed by atoms with E-state index < -0.39 is 5.76 Å². The van der Waals surface area contributed by atoms with Crippen LogP contribution in [0.3, 0.4) is 0 Å². The first-order chi connectivity index (χ1) is 15.5. The van der Waals surface area contributed by atoms with E-state index in [1.807, 2.05) is 48.0 Å². The molecule has 0 aliphatic rings. The molecule has 3 heterocycles. The smallest absolute Gasteiger partial charge is 0.420 e. The molecule has 5 rings (SSSR count). The number of aryl methyl sites for hydroxylation is 1. The highest BCUT2D eigenvalue weighted by atomic mass is 16.5. The van der Waals surface area contributed by atoms with Crippen molar-refractivity contribution < 1.29 is 13.9 Å². The Kier molecular flexibility index (Phi) is 4.74. The first kappa shape index (κ1) is 19.6. The fraction of sp³-hybridized carbons (Fsp3) is 0.125.